The maximum absolute atomic E-state index is 12.6. The molecule has 2 aliphatic heterocycles. The second kappa shape index (κ2) is 7.20. The van der Waals surface area contributed by atoms with E-state index >= 15 is 0 Å². The van der Waals surface area contributed by atoms with Crippen molar-refractivity contribution in [2.24, 2.45) is 5.92 Å². The molecule has 0 unspecified atom stereocenters. The molecule has 1 aromatic heterocycles. The van der Waals surface area contributed by atoms with E-state index in [2.05, 4.69) is 26.5 Å². The first kappa shape index (κ1) is 17.4. The van der Waals surface area contributed by atoms with Gasteiger partial charge >= 0.3 is 0 Å². The van der Waals surface area contributed by atoms with Gasteiger partial charge in [-0.2, -0.15) is 22.4 Å². The van der Waals surface area contributed by atoms with Crippen LogP contribution in [0.5, 0.6) is 0 Å². The average molecular weight is 354 g/mol. The SMILES string of the molecule is CCC[C@@H]1CN(c2ccnc(N)n2)C[C@H]1NS(=O)(=O)N1CCCC1. The Morgan fingerprint density at radius 3 is 2.75 bits per heavy atom. The predicted molar refractivity (Wildman–Crippen MR) is 93.7 cm³/mol. The third-order valence-corrected chi connectivity index (χ3v) is 6.43. The number of nitrogens with one attached hydrogen (secondary N) is 1. The molecule has 1 aromatic rings. The first-order valence-corrected chi connectivity index (χ1v) is 10.0. The van der Waals surface area contributed by atoms with E-state index in [4.69, 9.17) is 5.73 Å². The van der Waals surface area contributed by atoms with Crippen LogP contribution < -0.4 is 15.4 Å². The largest absolute Gasteiger partial charge is 0.368 e. The molecule has 2 saturated heterocycles. The highest BCUT2D eigenvalue weighted by Crippen LogP contribution is 2.27. The van der Waals surface area contributed by atoms with Crippen LogP contribution in [0.2, 0.25) is 0 Å². The number of nitrogens with zero attached hydrogens (tertiary/aromatic N) is 4. The molecule has 3 heterocycles. The van der Waals surface area contributed by atoms with E-state index < -0.39 is 10.2 Å². The number of hydrogen-bond acceptors (Lipinski definition) is 6. The smallest absolute Gasteiger partial charge is 0.279 e. The molecule has 0 amide bonds. The zero-order valence-electron chi connectivity index (χ0n) is 14.1. The van der Waals surface area contributed by atoms with Gasteiger partial charge in [-0.3, -0.25) is 0 Å². The lowest BCUT2D eigenvalue weighted by Crippen LogP contribution is -2.47. The Hall–Kier alpha value is -1.45. The Balaban J connectivity index is 1.73. The minimum Gasteiger partial charge on any atom is -0.368 e. The van der Waals surface area contributed by atoms with Crippen molar-refractivity contribution >= 4 is 22.0 Å². The summed E-state index contributed by atoms with van der Waals surface area (Å²) in [6.07, 6.45) is 5.51. The first-order valence-electron chi connectivity index (χ1n) is 8.60. The Bertz CT molecular complexity index is 662. The topological polar surface area (TPSA) is 104 Å². The van der Waals surface area contributed by atoms with Gasteiger partial charge in [-0.15, -0.1) is 0 Å². The van der Waals surface area contributed by atoms with E-state index in [0.717, 1.165) is 38.0 Å². The number of anilines is 2. The van der Waals surface area contributed by atoms with E-state index in [9.17, 15) is 8.42 Å². The van der Waals surface area contributed by atoms with Crippen molar-refractivity contribution in [3.8, 4) is 0 Å². The van der Waals surface area contributed by atoms with Gasteiger partial charge in [0.25, 0.3) is 10.2 Å². The van der Waals surface area contributed by atoms with Crippen LogP contribution in [-0.2, 0) is 10.2 Å². The summed E-state index contributed by atoms with van der Waals surface area (Å²) in [6, 6.07) is 1.71. The van der Waals surface area contributed by atoms with Crippen molar-refractivity contribution < 1.29 is 8.42 Å². The second-order valence-corrected chi connectivity index (χ2v) is 8.26. The molecule has 9 heteroatoms. The minimum atomic E-state index is -3.41. The fourth-order valence-electron chi connectivity index (χ4n) is 3.59. The summed E-state index contributed by atoms with van der Waals surface area (Å²) >= 11 is 0. The molecule has 2 atom stereocenters. The molecule has 0 spiro atoms. The van der Waals surface area contributed by atoms with Crippen molar-refractivity contribution in [1.29, 1.82) is 0 Å². The van der Waals surface area contributed by atoms with E-state index in [1.807, 2.05) is 6.07 Å². The van der Waals surface area contributed by atoms with Crippen LogP contribution >= 0.6 is 0 Å². The monoisotopic (exact) mass is 354 g/mol. The summed E-state index contributed by atoms with van der Waals surface area (Å²) in [4.78, 5) is 10.3. The van der Waals surface area contributed by atoms with Crippen LogP contribution in [-0.4, -0.2) is 54.9 Å². The first-order chi connectivity index (χ1) is 11.5. The van der Waals surface area contributed by atoms with Crippen molar-refractivity contribution in [3.63, 3.8) is 0 Å². The molecular formula is C15H26N6O2S. The zero-order chi connectivity index (χ0) is 17.2. The van der Waals surface area contributed by atoms with Crippen molar-refractivity contribution in [3.05, 3.63) is 12.3 Å². The standard InChI is InChI=1S/C15H26N6O2S/c1-2-5-12-10-20(14-6-7-17-15(16)18-14)11-13(12)19-24(22,23)21-8-3-4-9-21/h6-7,12-13,19H,2-5,8-11H2,1H3,(H2,16,17,18)/t12-,13-/m1/s1. The van der Waals surface area contributed by atoms with Gasteiger partial charge in [-0.1, -0.05) is 13.3 Å². The number of hydrogen-bond donors (Lipinski definition) is 2. The molecule has 2 fully saturated rings. The number of nitrogens with two attached hydrogens (primary N) is 1. The fraction of sp³-hybridized carbons (Fsp3) is 0.733. The number of nitrogen functional groups attached to an aromatic ring is 1. The van der Waals surface area contributed by atoms with Crippen LogP contribution in [0.25, 0.3) is 0 Å². The molecule has 2 aliphatic rings. The van der Waals surface area contributed by atoms with Gasteiger partial charge in [0, 0.05) is 38.4 Å². The normalized spacial score (nSPS) is 25.5. The molecule has 3 N–H and O–H groups in total. The lowest BCUT2D eigenvalue weighted by Gasteiger charge is -2.23. The maximum atomic E-state index is 12.6. The second-order valence-electron chi connectivity index (χ2n) is 6.56. The fourth-order valence-corrected chi connectivity index (χ4v) is 5.13. The van der Waals surface area contributed by atoms with E-state index in [-0.39, 0.29) is 17.9 Å². The molecule has 0 aromatic carbocycles. The summed E-state index contributed by atoms with van der Waals surface area (Å²) in [6.45, 7) is 4.74. The summed E-state index contributed by atoms with van der Waals surface area (Å²) < 4.78 is 29.7. The lowest BCUT2D eigenvalue weighted by atomic mass is 9.99. The highest BCUT2D eigenvalue weighted by atomic mass is 32.2. The van der Waals surface area contributed by atoms with E-state index in [1.165, 1.54) is 0 Å². The summed E-state index contributed by atoms with van der Waals surface area (Å²) in [5.41, 5.74) is 5.67. The minimum absolute atomic E-state index is 0.105. The Labute approximate surface area is 143 Å². The Morgan fingerprint density at radius 2 is 2.08 bits per heavy atom. The highest BCUT2D eigenvalue weighted by molar-refractivity contribution is 7.87. The van der Waals surface area contributed by atoms with Gasteiger partial charge < -0.3 is 10.6 Å². The van der Waals surface area contributed by atoms with Crippen molar-refractivity contribution in [2.75, 3.05) is 36.8 Å². The van der Waals surface area contributed by atoms with Gasteiger partial charge in [0.05, 0.1) is 0 Å². The van der Waals surface area contributed by atoms with Crippen LogP contribution in [0.1, 0.15) is 32.6 Å². The van der Waals surface area contributed by atoms with Crippen molar-refractivity contribution in [1.82, 2.24) is 19.0 Å². The predicted octanol–water partition coefficient (Wildman–Crippen LogP) is 0.594. The van der Waals surface area contributed by atoms with E-state index in [0.29, 0.717) is 19.6 Å². The van der Waals surface area contributed by atoms with E-state index in [1.54, 1.807) is 10.5 Å². The average Bonchev–Trinajstić information content (AvgIpc) is 3.18. The molecule has 0 saturated carbocycles. The molecule has 134 valence electrons. The third-order valence-electron chi connectivity index (χ3n) is 4.79. The van der Waals surface area contributed by atoms with Crippen LogP contribution in [0.4, 0.5) is 11.8 Å². The van der Waals surface area contributed by atoms with Crippen molar-refractivity contribution in [2.45, 2.75) is 38.6 Å². The van der Waals surface area contributed by atoms with Gasteiger partial charge in [-0.05, 0) is 31.2 Å². The molecule has 24 heavy (non-hydrogen) atoms. The number of rotatable bonds is 6. The van der Waals surface area contributed by atoms with Gasteiger partial charge in [0.1, 0.15) is 5.82 Å². The van der Waals surface area contributed by atoms with Crippen LogP contribution in [0.15, 0.2) is 12.3 Å². The van der Waals surface area contributed by atoms with Gasteiger partial charge in [0.15, 0.2) is 0 Å². The lowest BCUT2D eigenvalue weighted by molar-refractivity contribution is 0.412. The van der Waals surface area contributed by atoms with Gasteiger partial charge in [-0.25, -0.2) is 4.98 Å². The number of aromatic nitrogens is 2. The molecule has 0 bridgehead atoms. The maximum Gasteiger partial charge on any atom is 0.279 e. The quantitative estimate of drug-likeness (QED) is 0.775. The summed E-state index contributed by atoms with van der Waals surface area (Å²) in [5.74, 6) is 1.26. The van der Waals surface area contributed by atoms with Gasteiger partial charge in [0.2, 0.25) is 5.95 Å². The molecule has 0 radical (unpaired) electrons. The summed E-state index contributed by atoms with van der Waals surface area (Å²) in [5, 5.41) is 0. The van der Waals surface area contributed by atoms with Crippen LogP contribution in [0.3, 0.4) is 0 Å². The van der Waals surface area contributed by atoms with Crippen LogP contribution in [0, 0.1) is 5.92 Å². The highest BCUT2D eigenvalue weighted by Gasteiger charge is 2.37. The Morgan fingerprint density at radius 1 is 1.33 bits per heavy atom. The Kier molecular flexibility index (Phi) is 5.21. The molecule has 8 nitrogen and oxygen atoms in total. The summed E-state index contributed by atoms with van der Waals surface area (Å²) in [7, 11) is -3.41. The molecular weight excluding hydrogens is 328 g/mol. The zero-order valence-corrected chi connectivity index (χ0v) is 14.9. The molecule has 3 rings (SSSR count). The third kappa shape index (κ3) is 3.79. The molecule has 0 aliphatic carbocycles.